The number of ether oxygens (including phenoxy) is 1. The van der Waals surface area contributed by atoms with Crippen molar-refractivity contribution in [3.8, 4) is 5.75 Å². The number of hydrogen-bond acceptors (Lipinski definition) is 4. The Hall–Kier alpha value is -2.11. The number of hydrogen-bond donors (Lipinski definition) is 1. The molecule has 2 amide bonds. The van der Waals surface area contributed by atoms with Gasteiger partial charge in [-0.05, 0) is 33.1 Å². The number of carbonyl (C=O) groups is 2. The molecular formula is C18H27N3O3. The quantitative estimate of drug-likeness (QED) is 0.865. The standard InChI is InChI=1S/C18H27N3O3/c1-5-7-16(22)21-9-6-8-15(21)18(23)20-11-14-13(3)17(24-4)12(2)10-19-14/h10,15H,5-9,11H2,1-4H3,(H,20,23)/t15-/m1/s1. The van der Waals surface area contributed by atoms with Gasteiger partial charge in [0.15, 0.2) is 0 Å². The van der Waals surface area contributed by atoms with E-state index in [1.165, 1.54) is 0 Å². The van der Waals surface area contributed by atoms with Crippen LogP contribution in [0.1, 0.15) is 49.4 Å². The average Bonchev–Trinajstić information content (AvgIpc) is 3.04. The molecule has 132 valence electrons. The number of rotatable bonds is 6. The summed E-state index contributed by atoms with van der Waals surface area (Å²) in [5.41, 5.74) is 2.69. The molecule has 1 N–H and O–H groups in total. The topological polar surface area (TPSA) is 71.5 Å². The second kappa shape index (κ2) is 8.13. The van der Waals surface area contributed by atoms with Gasteiger partial charge < -0.3 is 15.0 Å². The van der Waals surface area contributed by atoms with Crippen molar-refractivity contribution in [2.75, 3.05) is 13.7 Å². The molecule has 6 nitrogen and oxygen atoms in total. The van der Waals surface area contributed by atoms with Crippen LogP contribution in [0.15, 0.2) is 6.20 Å². The molecule has 0 unspecified atom stereocenters. The molecule has 1 atom stereocenters. The third-order valence-corrected chi connectivity index (χ3v) is 4.52. The summed E-state index contributed by atoms with van der Waals surface area (Å²) < 4.78 is 5.39. The van der Waals surface area contributed by atoms with Gasteiger partial charge in [-0.1, -0.05) is 6.92 Å². The van der Waals surface area contributed by atoms with Crippen LogP contribution >= 0.6 is 0 Å². The normalized spacial score (nSPS) is 17.0. The first-order valence-corrected chi connectivity index (χ1v) is 8.55. The fraction of sp³-hybridized carbons (Fsp3) is 0.611. The minimum Gasteiger partial charge on any atom is -0.496 e. The molecule has 1 fully saturated rings. The van der Waals surface area contributed by atoms with Crippen molar-refractivity contribution < 1.29 is 14.3 Å². The molecule has 0 radical (unpaired) electrons. The molecular weight excluding hydrogens is 306 g/mol. The number of likely N-dealkylation sites (tertiary alicyclic amines) is 1. The van der Waals surface area contributed by atoms with Crippen molar-refractivity contribution in [2.45, 2.75) is 59.0 Å². The highest BCUT2D eigenvalue weighted by Gasteiger charge is 2.33. The number of amides is 2. The summed E-state index contributed by atoms with van der Waals surface area (Å²) >= 11 is 0. The van der Waals surface area contributed by atoms with Gasteiger partial charge in [0.05, 0.1) is 19.3 Å². The van der Waals surface area contributed by atoms with E-state index in [1.54, 1.807) is 18.2 Å². The van der Waals surface area contributed by atoms with Gasteiger partial charge in [-0.2, -0.15) is 0 Å². The van der Waals surface area contributed by atoms with Gasteiger partial charge in [-0.25, -0.2) is 0 Å². The molecule has 0 spiro atoms. The lowest BCUT2D eigenvalue weighted by Crippen LogP contribution is -2.45. The SMILES string of the molecule is CCCC(=O)N1CCC[C@@H]1C(=O)NCc1ncc(C)c(OC)c1C. The zero-order valence-electron chi connectivity index (χ0n) is 15.0. The van der Waals surface area contributed by atoms with Crippen molar-refractivity contribution in [1.29, 1.82) is 0 Å². The smallest absolute Gasteiger partial charge is 0.243 e. The Bertz CT molecular complexity index is 616. The highest BCUT2D eigenvalue weighted by atomic mass is 16.5. The summed E-state index contributed by atoms with van der Waals surface area (Å²) in [7, 11) is 1.63. The number of aromatic nitrogens is 1. The fourth-order valence-electron chi connectivity index (χ4n) is 3.23. The maximum atomic E-state index is 12.5. The Morgan fingerprint density at radius 3 is 2.83 bits per heavy atom. The van der Waals surface area contributed by atoms with Crippen molar-refractivity contribution >= 4 is 11.8 Å². The molecule has 24 heavy (non-hydrogen) atoms. The lowest BCUT2D eigenvalue weighted by molar-refractivity contribution is -0.138. The number of nitrogens with zero attached hydrogens (tertiary/aromatic N) is 2. The molecule has 1 aromatic heterocycles. The molecule has 6 heteroatoms. The van der Waals surface area contributed by atoms with Crippen LogP contribution in [0, 0.1) is 13.8 Å². The molecule has 0 aliphatic carbocycles. The van der Waals surface area contributed by atoms with Crippen molar-refractivity contribution in [3.05, 3.63) is 23.0 Å². The van der Waals surface area contributed by atoms with E-state index in [0.717, 1.165) is 41.8 Å². The van der Waals surface area contributed by atoms with E-state index >= 15 is 0 Å². The highest BCUT2D eigenvalue weighted by molar-refractivity contribution is 5.88. The van der Waals surface area contributed by atoms with Crippen LogP contribution in [0.2, 0.25) is 0 Å². The van der Waals surface area contributed by atoms with Gasteiger partial charge in [0.2, 0.25) is 11.8 Å². The molecule has 1 aliphatic rings. The summed E-state index contributed by atoms with van der Waals surface area (Å²) in [5, 5.41) is 2.93. The average molecular weight is 333 g/mol. The van der Waals surface area contributed by atoms with Crippen molar-refractivity contribution in [3.63, 3.8) is 0 Å². The van der Waals surface area contributed by atoms with Gasteiger partial charge in [0, 0.05) is 30.3 Å². The molecule has 1 aromatic rings. The number of pyridine rings is 1. The summed E-state index contributed by atoms with van der Waals surface area (Å²) in [6.07, 6.45) is 4.66. The van der Waals surface area contributed by atoms with Crippen molar-refractivity contribution in [2.24, 2.45) is 0 Å². The fourth-order valence-corrected chi connectivity index (χ4v) is 3.23. The highest BCUT2D eigenvalue weighted by Crippen LogP contribution is 2.24. The zero-order chi connectivity index (χ0) is 17.7. The lowest BCUT2D eigenvalue weighted by atomic mass is 10.1. The van der Waals surface area contributed by atoms with E-state index in [4.69, 9.17) is 4.74 Å². The van der Waals surface area contributed by atoms with Gasteiger partial charge in [0.1, 0.15) is 11.8 Å². The largest absolute Gasteiger partial charge is 0.496 e. The number of nitrogens with one attached hydrogen (secondary N) is 1. The molecule has 2 rings (SSSR count). The summed E-state index contributed by atoms with van der Waals surface area (Å²) in [6.45, 7) is 6.87. The molecule has 1 aliphatic heterocycles. The third-order valence-electron chi connectivity index (χ3n) is 4.52. The predicted molar refractivity (Wildman–Crippen MR) is 91.8 cm³/mol. The van der Waals surface area contributed by atoms with Crippen LogP contribution in [0.3, 0.4) is 0 Å². The maximum absolute atomic E-state index is 12.5. The number of aryl methyl sites for hydroxylation is 1. The molecule has 0 saturated carbocycles. The van der Waals surface area contributed by atoms with Gasteiger partial charge in [-0.15, -0.1) is 0 Å². The van der Waals surface area contributed by atoms with Gasteiger partial charge in [-0.3, -0.25) is 14.6 Å². The Balaban J connectivity index is 2.02. The summed E-state index contributed by atoms with van der Waals surface area (Å²) in [4.78, 5) is 30.7. The Morgan fingerprint density at radius 1 is 1.42 bits per heavy atom. The zero-order valence-corrected chi connectivity index (χ0v) is 15.0. The summed E-state index contributed by atoms with van der Waals surface area (Å²) in [5.74, 6) is 0.772. The van der Waals surface area contributed by atoms with Crippen LogP contribution in [0.5, 0.6) is 5.75 Å². The van der Waals surface area contributed by atoms with Crippen molar-refractivity contribution in [1.82, 2.24) is 15.2 Å². The molecule has 2 heterocycles. The van der Waals surface area contributed by atoms with Gasteiger partial charge >= 0.3 is 0 Å². The molecule has 1 saturated heterocycles. The van der Waals surface area contributed by atoms with E-state index in [-0.39, 0.29) is 17.9 Å². The predicted octanol–water partition coefficient (Wildman–Crippen LogP) is 2.11. The van der Waals surface area contributed by atoms with Crippen LogP contribution in [0.4, 0.5) is 0 Å². The Morgan fingerprint density at radius 2 is 2.17 bits per heavy atom. The second-order valence-electron chi connectivity index (χ2n) is 6.26. The minimum absolute atomic E-state index is 0.0708. The van der Waals surface area contributed by atoms with E-state index in [9.17, 15) is 9.59 Å². The van der Waals surface area contributed by atoms with Crippen LogP contribution in [-0.2, 0) is 16.1 Å². The lowest BCUT2D eigenvalue weighted by Gasteiger charge is -2.24. The maximum Gasteiger partial charge on any atom is 0.243 e. The minimum atomic E-state index is -0.350. The number of carbonyl (C=O) groups excluding carboxylic acids is 2. The monoisotopic (exact) mass is 333 g/mol. The van der Waals surface area contributed by atoms with E-state index < -0.39 is 0 Å². The Labute approximate surface area is 143 Å². The number of methoxy groups -OCH3 is 1. The Kier molecular flexibility index (Phi) is 6.17. The second-order valence-corrected chi connectivity index (χ2v) is 6.26. The van der Waals surface area contributed by atoms with Crippen LogP contribution in [0.25, 0.3) is 0 Å². The molecule has 0 aromatic carbocycles. The third kappa shape index (κ3) is 3.86. The van der Waals surface area contributed by atoms with E-state index in [0.29, 0.717) is 19.5 Å². The molecule has 0 bridgehead atoms. The van der Waals surface area contributed by atoms with E-state index in [1.807, 2.05) is 20.8 Å². The van der Waals surface area contributed by atoms with Crippen LogP contribution in [-0.4, -0.2) is 41.4 Å². The van der Waals surface area contributed by atoms with Gasteiger partial charge in [0.25, 0.3) is 0 Å². The van der Waals surface area contributed by atoms with E-state index in [2.05, 4.69) is 10.3 Å². The van der Waals surface area contributed by atoms with Crippen LogP contribution < -0.4 is 10.1 Å². The first kappa shape index (κ1) is 18.2. The first-order valence-electron chi connectivity index (χ1n) is 8.55. The summed E-state index contributed by atoms with van der Waals surface area (Å²) in [6, 6.07) is -0.350. The first-order chi connectivity index (χ1) is 11.5.